The first-order chi connectivity index (χ1) is 16.4. The highest BCUT2D eigenvalue weighted by Gasteiger charge is 2.44. The number of hydrogen-bond acceptors (Lipinski definition) is 6. The summed E-state index contributed by atoms with van der Waals surface area (Å²) < 4.78 is 11.4. The second-order valence-electron chi connectivity index (χ2n) is 9.46. The van der Waals surface area contributed by atoms with Gasteiger partial charge in [-0.15, -0.1) is 0 Å². The molecule has 2 aromatic carbocycles. The van der Waals surface area contributed by atoms with Crippen molar-refractivity contribution in [2.75, 3.05) is 13.7 Å². The van der Waals surface area contributed by atoms with Gasteiger partial charge in [-0.2, -0.15) is 0 Å². The van der Waals surface area contributed by atoms with Gasteiger partial charge in [0.15, 0.2) is 0 Å². The Morgan fingerprint density at radius 2 is 1.71 bits per heavy atom. The second kappa shape index (κ2) is 10.6. The van der Waals surface area contributed by atoms with E-state index in [9.17, 15) is 20.4 Å². The Kier molecular flexibility index (Phi) is 7.73. The van der Waals surface area contributed by atoms with Crippen LogP contribution >= 0.6 is 0 Å². The Labute approximate surface area is 201 Å². The predicted molar refractivity (Wildman–Crippen MR) is 128 cm³/mol. The summed E-state index contributed by atoms with van der Waals surface area (Å²) >= 11 is 0. The quantitative estimate of drug-likeness (QED) is 0.505. The normalized spacial score (nSPS) is 28.4. The van der Waals surface area contributed by atoms with Crippen molar-refractivity contribution < 1.29 is 29.9 Å². The lowest BCUT2D eigenvalue weighted by Crippen LogP contribution is -2.55. The molecule has 5 atom stereocenters. The van der Waals surface area contributed by atoms with Crippen LogP contribution in [0.5, 0.6) is 0 Å². The molecule has 2 aliphatic rings. The Morgan fingerprint density at radius 3 is 2.35 bits per heavy atom. The Morgan fingerprint density at radius 1 is 1.00 bits per heavy atom. The molecule has 0 aromatic heterocycles. The zero-order valence-corrected chi connectivity index (χ0v) is 19.8. The van der Waals surface area contributed by atoms with E-state index in [1.54, 1.807) is 7.11 Å². The molecule has 34 heavy (non-hydrogen) atoms. The molecule has 1 unspecified atom stereocenters. The molecule has 1 saturated carbocycles. The molecule has 6 nitrogen and oxygen atoms in total. The number of rotatable bonds is 5. The van der Waals surface area contributed by atoms with E-state index < -0.39 is 37.1 Å². The largest absolute Gasteiger partial charge is 0.394 e. The lowest BCUT2D eigenvalue weighted by atomic mass is 9.89. The standard InChI is InChI=1S/C28H34O6/c1-18-5-10-21(27-26(32)25(31)24(30)23(17-29)34-27)16-22(18)15-20-8-6-19(7-9-20)11-14-28(33-2)12-3-4-13-28/h5-10,16,23-27,29-32H,3-4,12-13,15,17H2,1-2H3/t23-,24-,25+,26?,27+/m1/s1. The van der Waals surface area contributed by atoms with Gasteiger partial charge >= 0.3 is 0 Å². The van der Waals surface area contributed by atoms with Crippen LogP contribution < -0.4 is 0 Å². The van der Waals surface area contributed by atoms with Gasteiger partial charge in [-0.05, 0) is 73.4 Å². The number of aliphatic hydroxyl groups excluding tert-OH is 4. The van der Waals surface area contributed by atoms with Crippen molar-refractivity contribution in [3.05, 3.63) is 70.3 Å². The predicted octanol–water partition coefficient (Wildman–Crippen LogP) is 2.41. The lowest BCUT2D eigenvalue weighted by molar-refractivity contribution is -0.231. The molecule has 1 saturated heterocycles. The van der Waals surface area contributed by atoms with Crippen molar-refractivity contribution >= 4 is 0 Å². The van der Waals surface area contributed by atoms with E-state index in [0.717, 1.165) is 47.9 Å². The van der Waals surface area contributed by atoms with Gasteiger partial charge in [0.1, 0.15) is 36.1 Å². The van der Waals surface area contributed by atoms with Crippen molar-refractivity contribution in [1.29, 1.82) is 0 Å². The maximum Gasteiger partial charge on any atom is 0.128 e. The van der Waals surface area contributed by atoms with Crippen LogP contribution in [0.2, 0.25) is 0 Å². The second-order valence-corrected chi connectivity index (χ2v) is 9.46. The van der Waals surface area contributed by atoms with Crippen LogP contribution in [0.3, 0.4) is 0 Å². The first kappa shape index (κ1) is 24.9. The number of ether oxygens (including phenoxy) is 2. The van der Waals surface area contributed by atoms with Crippen LogP contribution in [0.25, 0.3) is 0 Å². The van der Waals surface area contributed by atoms with Crippen molar-refractivity contribution in [2.45, 2.75) is 75.1 Å². The minimum absolute atomic E-state index is 0.305. The highest BCUT2D eigenvalue weighted by Crippen LogP contribution is 2.34. The first-order valence-electron chi connectivity index (χ1n) is 11.9. The van der Waals surface area contributed by atoms with Gasteiger partial charge in [0, 0.05) is 12.7 Å². The Hall–Kier alpha value is -2.24. The lowest BCUT2D eigenvalue weighted by Gasteiger charge is -2.40. The maximum atomic E-state index is 10.5. The fourth-order valence-electron chi connectivity index (χ4n) is 4.87. The molecule has 0 radical (unpaired) electrons. The SMILES string of the molecule is COC1(C#Cc2ccc(Cc3cc([C@@H]4O[C@H](CO)[C@@H](O)[C@H](O)C4O)ccc3C)cc2)CCCC1. The van der Waals surface area contributed by atoms with Gasteiger partial charge in [-0.1, -0.05) is 42.2 Å². The molecular weight excluding hydrogens is 432 g/mol. The van der Waals surface area contributed by atoms with E-state index in [1.165, 1.54) is 0 Å². The van der Waals surface area contributed by atoms with Crippen LogP contribution in [0, 0.1) is 18.8 Å². The van der Waals surface area contributed by atoms with Gasteiger partial charge < -0.3 is 29.9 Å². The molecule has 4 rings (SSSR count). The molecule has 2 fully saturated rings. The number of aryl methyl sites for hydroxylation is 1. The van der Waals surface area contributed by atoms with Crippen molar-refractivity contribution in [1.82, 2.24) is 0 Å². The van der Waals surface area contributed by atoms with E-state index in [2.05, 4.69) is 24.0 Å². The van der Waals surface area contributed by atoms with Crippen molar-refractivity contribution in [3.63, 3.8) is 0 Å². The average Bonchev–Trinajstić information content (AvgIpc) is 3.33. The summed E-state index contributed by atoms with van der Waals surface area (Å²) in [5, 5.41) is 40.2. The third kappa shape index (κ3) is 5.21. The summed E-state index contributed by atoms with van der Waals surface area (Å²) in [5.41, 5.74) is 4.64. The molecule has 0 amide bonds. The summed E-state index contributed by atoms with van der Waals surface area (Å²) in [7, 11) is 1.74. The molecule has 0 bridgehead atoms. The molecular formula is C28H34O6. The molecule has 0 spiro atoms. The van der Waals surface area contributed by atoms with Gasteiger partial charge in [0.2, 0.25) is 0 Å². The van der Waals surface area contributed by atoms with E-state index >= 15 is 0 Å². The van der Waals surface area contributed by atoms with Crippen molar-refractivity contribution in [2.24, 2.45) is 0 Å². The average molecular weight is 467 g/mol. The first-order valence-corrected chi connectivity index (χ1v) is 11.9. The Balaban J connectivity index is 1.50. The van der Waals surface area contributed by atoms with E-state index in [1.807, 2.05) is 37.3 Å². The highest BCUT2D eigenvalue weighted by atomic mass is 16.5. The fourth-order valence-corrected chi connectivity index (χ4v) is 4.87. The number of aliphatic hydroxyl groups is 4. The zero-order valence-electron chi connectivity index (χ0n) is 19.8. The molecule has 4 N–H and O–H groups in total. The van der Waals surface area contributed by atoms with Gasteiger partial charge in [0.05, 0.1) is 6.61 Å². The molecule has 182 valence electrons. The minimum atomic E-state index is -1.39. The van der Waals surface area contributed by atoms with Crippen LogP contribution in [-0.2, 0) is 15.9 Å². The summed E-state index contributed by atoms with van der Waals surface area (Å²) in [6.07, 6.45) is -0.845. The van der Waals surface area contributed by atoms with Crippen molar-refractivity contribution in [3.8, 4) is 11.8 Å². The molecule has 6 heteroatoms. The van der Waals surface area contributed by atoms with E-state index in [0.29, 0.717) is 12.0 Å². The fraction of sp³-hybridized carbons (Fsp3) is 0.500. The summed E-state index contributed by atoms with van der Waals surface area (Å²) in [6, 6.07) is 13.9. The minimum Gasteiger partial charge on any atom is -0.394 e. The van der Waals surface area contributed by atoms with Gasteiger partial charge in [-0.3, -0.25) is 0 Å². The smallest absolute Gasteiger partial charge is 0.128 e. The Bertz CT molecular complexity index is 1030. The molecule has 1 aliphatic heterocycles. The summed E-state index contributed by atoms with van der Waals surface area (Å²) in [4.78, 5) is 0. The number of hydrogen-bond donors (Lipinski definition) is 4. The van der Waals surface area contributed by atoms with Crippen LogP contribution in [0.4, 0.5) is 0 Å². The maximum absolute atomic E-state index is 10.5. The summed E-state index contributed by atoms with van der Waals surface area (Å²) in [5.74, 6) is 6.61. The number of benzene rings is 2. The van der Waals surface area contributed by atoms with E-state index in [4.69, 9.17) is 9.47 Å². The molecule has 1 aliphatic carbocycles. The molecule has 1 heterocycles. The third-order valence-electron chi connectivity index (χ3n) is 7.18. The molecule has 2 aromatic rings. The van der Waals surface area contributed by atoms with Crippen LogP contribution in [-0.4, -0.2) is 64.2 Å². The highest BCUT2D eigenvalue weighted by molar-refractivity contribution is 5.41. The van der Waals surface area contributed by atoms with Crippen LogP contribution in [0.15, 0.2) is 42.5 Å². The monoisotopic (exact) mass is 466 g/mol. The van der Waals surface area contributed by atoms with Crippen LogP contribution in [0.1, 0.15) is 59.6 Å². The number of methoxy groups -OCH3 is 1. The van der Waals surface area contributed by atoms with Gasteiger partial charge in [0.25, 0.3) is 0 Å². The van der Waals surface area contributed by atoms with E-state index in [-0.39, 0.29) is 5.60 Å². The van der Waals surface area contributed by atoms with Gasteiger partial charge in [-0.25, -0.2) is 0 Å². The topological polar surface area (TPSA) is 99.4 Å². The summed E-state index contributed by atoms with van der Waals surface area (Å²) in [6.45, 7) is 1.58. The zero-order chi connectivity index (χ0) is 24.3. The third-order valence-corrected chi connectivity index (χ3v) is 7.18.